The Labute approximate surface area is 72.3 Å². The summed E-state index contributed by atoms with van der Waals surface area (Å²) in [5.41, 5.74) is 5.96. The number of carbonyl (C=O) groups excluding carboxylic acids is 1. The van der Waals surface area contributed by atoms with Crippen LogP contribution in [-0.2, 0) is 9.53 Å². The molecular weight excluding hydrogens is 154 g/mol. The smallest absolute Gasteiger partial charge is 0.309 e. The van der Waals surface area contributed by atoms with Gasteiger partial charge >= 0.3 is 5.97 Å². The van der Waals surface area contributed by atoms with E-state index in [4.69, 9.17) is 10.5 Å². The first-order valence-corrected chi connectivity index (χ1v) is 4.57. The maximum absolute atomic E-state index is 11.3. The van der Waals surface area contributed by atoms with Gasteiger partial charge in [0.25, 0.3) is 0 Å². The molecule has 4 atom stereocenters. The molecule has 0 aliphatic heterocycles. The van der Waals surface area contributed by atoms with Gasteiger partial charge < -0.3 is 10.5 Å². The van der Waals surface area contributed by atoms with Gasteiger partial charge in [-0.3, -0.25) is 4.79 Å². The molecule has 0 amide bonds. The summed E-state index contributed by atoms with van der Waals surface area (Å²) < 4.78 is 4.74. The number of nitrogens with two attached hydrogens (primary N) is 1. The predicted octanol–water partition coefficient (Wildman–Crippen LogP) is 0.533. The minimum Gasteiger partial charge on any atom is -0.469 e. The van der Waals surface area contributed by atoms with Crippen molar-refractivity contribution in [2.24, 2.45) is 23.5 Å². The minimum absolute atomic E-state index is 0.0577. The third-order valence-corrected chi connectivity index (χ3v) is 3.49. The van der Waals surface area contributed by atoms with Gasteiger partial charge in [0.15, 0.2) is 0 Å². The van der Waals surface area contributed by atoms with Crippen LogP contribution in [0, 0.1) is 17.8 Å². The van der Waals surface area contributed by atoms with Crippen LogP contribution in [0.25, 0.3) is 0 Å². The van der Waals surface area contributed by atoms with Crippen LogP contribution in [0.4, 0.5) is 0 Å². The van der Waals surface area contributed by atoms with Gasteiger partial charge in [0.05, 0.1) is 13.0 Å². The van der Waals surface area contributed by atoms with Crippen LogP contribution < -0.4 is 5.73 Å². The van der Waals surface area contributed by atoms with Gasteiger partial charge in [0.2, 0.25) is 0 Å². The Morgan fingerprint density at radius 1 is 1.50 bits per heavy atom. The molecule has 12 heavy (non-hydrogen) atoms. The summed E-state index contributed by atoms with van der Waals surface area (Å²) in [6.45, 7) is 0. The molecule has 3 nitrogen and oxygen atoms in total. The van der Waals surface area contributed by atoms with Crippen LogP contribution in [0.2, 0.25) is 0 Å². The van der Waals surface area contributed by atoms with Crippen molar-refractivity contribution in [2.45, 2.75) is 25.3 Å². The van der Waals surface area contributed by atoms with Crippen molar-refractivity contribution < 1.29 is 9.53 Å². The lowest BCUT2D eigenvalue weighted by atomic mass is 9.89. The van der Waals surface area contributed by atoms with Crippen LogP contribution in [0.5, 0.6) is 0 Å². The lowest BCUT2D eigenvalue weighted by molar-refractivity contribution is -0.147. The number of fused-ring (bicyclic) bond motifs is 2. The second-order valence-corrected chi connectivity index (χ2v) is 3.94. The number of esters is 1. The van der Waals surface area contributed by atoms with Crippen molar-refractivity contribution >= 4 is 5.97 Å². The highest BCUT2D eigenvalue weighted by Gasteiger charge is 2.49. The monoisotopic (exact) mass is 169 g/mol. The van der Waals surface area contributed by atoms with Crippen LogP contribution in [-0.4, -0.2) is 19.1 Å². The molecule has 0 spiro atoms. The van der Waals surface area contributed by atoms with E-state index < -0.39 is 0 Å². The molecule has 2 saturated carbocycles. The fourth-order valence-corrected chi connectivity index (χ4v) is 2.81. The number of methoxy groups -OCH3 is 1. The summed E-state index contributed by atoms with van der Waals surface area (Å²) in [4.78, 5) is 11.3. The molecule has 2 bridgehead atoms. The predicted molar refractivity (Wildman–Crippen MR) is 44.3 cm³/mol. The van der Waals surface area contributed by atoms with Gasteiger partial charge in [-0.1, -0.05) is 0 Å². The van der Waals surface area contributed by atoms with E-state index in [1.54, 1.807) is 0 Å². The van der Waals surface area contributed by atoms with Crippen LogP contribution in [0.15, 0.2) is 0 Å². The van der Waals surface area contributed by atoms with Crippen molar-refractivity contribution in [3.8, 4) is 0 Å². The quantitative estimate of drug-likeness (QED) is 0.583. The third kappa shape index (κ3) is 0.959. The molecule has 2 rings (SSSR count). The maximum atomic E-state index is 11.3. The normalized spacial score (nSPS) is 44.8. The SMILES string of the molecule is COC(=O)[C@H]1C[C@H]2CC[C@H]1[C@H]2N. The Morgan fingerprint density at radius 2 is 2.25 bits per heavy atom. The summed E-state index contributed by atoms with van der Waals surface area (Å²) in [6, 6.07) is 0.258. The van der Waals surface area contributed by atoms with Crippen LogP contribution in [0.1, 0.15) is 19.3 Å². The Morgan fingerprint density at radius 3 is 2.67 bits per heavy atom. The molecule has 2 fully saturated rings. The Bertz CT molecular complexity index is 205. The van der Waals surface area contributed by atoms with E-state index in [2.05, 4.69) is 0 Å². The van der Waals surface area contributed by atoms with E-state index in [1.807, 2.05) is 0 Å². The van der Waals surface area contributed by atoms with Gasteiger partial charge in [-0.05, 0) is 31.1 Å². The van der Waals surface area contributed by atoms with Gasteiger partial charge in [0.1, 0.15) is 0 Å². The number of hydrogen-bond acceptors (Lipinski definition) is 3. The molecule has 2 aliphatic rings. The molecular formula is C9H15NO2. The van der Waals surface area contributed by atoms with E-state index in [1.165, 1.54) is 13.5 Å². The average Bonchev–Trinajstić information content (AvgIpc) is 2.60. The maximum Gasteiger partial charge on any atom is 0.309 e. The highest BCUT2D eigenvalue weighted by Crippen LogP contribution is 2.47. The fourth-order valence-electron chi connectivity index (χ4n) is 2.81. The molecule has 0 saturated heterocycles. The van der Waals surface area contributed by atoms with E-state index in [0.29, 0.717) is 11.8 Å². The second-order valence-electron chi connectivity index (χ2n) is 3.94. The summed E-state index contributed by atoms with van der Waals surface area (Å²) in [5, 5.41) is 0. The van der Waals surface area contributed by atoms with E-state index in [-0.39, 0.29) is 17.9 Å². The third-order valence-electron chi connectivity index (χ3n) is 3.49. The van der Waals surface area contributed by atoms with Crippen molar-refractivity contribution in [3.05, 3.63) is 0 Å². The molecule has 0 aromatic heterocycles. The van der Waals surface area contributed by atoms with Gasteiger partial charge in [-0.15, -0.1) is 0 Å². The van der Waals surface area contributed by atoms with E-state index in [0.717, 1.165) is 12.8 Å². The van der Waals surface area contributed by atoms with E-state index in [9.17, 15) is 4.79 Å². The lowest BCUT2D eigenvalue weighted by Gasteiger charge is -2.18. The molecule has 0 heterocycles. The molecule has 68 valence electrons. The largest absolute Gasteiger partial charge is 0.469 e. The molecule has 2 N–H and O–H groups in total. The molecule has 0 aromatic rings. The zero-order chi connectivity index (χ0) is 8.72. The standard InChI is InChI=1S/C9H15NO2/c1-12-9(11)7-4-5-2-3-6(7)8(5)10/h5-8H,2-4,10H2,1H3/t5-,6-,7+,8+/m1/s1. The number of ether oxygens (including phenoxy) is 1. The molecule has 0 aromatic carbocycles. The summed E-state index contributed by atoms with van der Waals surface area (Å²) >= 11 is 0. The molecule has 2 aliphatic carbocycles. The van der Waals surface area contributed by atoms with Gasteiger partial charge in [0, 0.05) is 6.04 Å². The summed E-state index contributed by atoms with van der Waals surface area (Å²) in [7, 11) is 1.46. The first-order valence-electron chi connectivity index (χ1n) is 4.57. The first kappa shape index (κ1) is 8.05. The number of rotatable bonds is 1. The zero-order valence-corrected chi connectivity index (χ0v) is 7.32. The lowest BCUT2D eigenvalue weighted by Crippen LogP contribution is -2.29. The topological polar surface area (TPSA) is 52.3 Å². The molecule has 3 heteroatoms. The Balaban J connectivity index is 2.08. The fraction of sp³-hybridized carbons (Fsp3) is 0.889. The molecule has 0 unspecified atom stereocenters. The second kappa shape index (κ2) is 2.73. The van der Waals surface area contributed by atoms with Crippen molar-refractivity contribution in [2.75, 3.05) is 7.11 Å². The van der Waals surface area contributed by atoms with Crippen LogP contribution in [0.3, 0.4) is 0 Å². The van der Waals surface area contributed by atoms with Gasteiger partial charge in [-0.2, -0.15) is 0 Å². The van der Waals surface area contributed by atoms with Crippen molar-refractivity contribution in [3.63, 3.8) is 0 Å². The number of carbonyl (C=O) groups is 1. The van der Waals surface area contributed by atoms with Crippen LogP contribution >= 0.6 is 0 Å². The Hall–Kier alpha value is -0.570. The summed E-state index contributed by atoms with van der Waals surface area (Å²) in [6.07, 6.45) is 3.28. The minimum atomic E-state index is -0.0577. The average molecular weight is 169 g/mol. The van der Waals surface area contributed by atoms with E-state index >= 15 is 0 Å². The molecule has 0 radical (unpaired) electrons. The highest BCUT2D eigenvalue weighted by molar-refractivity contribution is 5.73. The number of hydrogen-bond donors (Lipinski definition) is 1. The van der Waals surface area contributed by atoms with Crippen molar-refractivity contribution in [1.29, 1.82) is 0 Å². The van der Waals surface area contributed by atoms with Gasteiger partial charge in [-0.25, -0.2) is 0 Å². The Kier molecular flexibility index (Phi) is 1.83. The summed E-state index contributed by atoms with van der Waals surface area (Å²) in [5.74, 6) is 1.03. The highest BCUT2D eigenvalue weighted by atomic mass is 16.5. The first-order chi connectivity index (χ1) is 5.74. The van der Waals surface area contributed by atoms with Crippen molar-refractivity contribution in [1.82, 2.24) is 0 Å². The zero-order valence-electron chi connectivity index (χ0n) is 7.32.